The van der Waals surface area contributed by atoms with Gasteiger partial charge in [-0.1, -0.05) is 17.4 Å². The van der Waals surface area contributed by atoms with Crippen LogP contribution in [0.25, 0.3) is 12.2 Å². The number of hydrogen-bond acceptors (Lipinski definition) is 9. The number of ether oxygens (including phenoxy) is 5. The minimum atomic E-state index is -0.331. The first-order chi connectivity index (χ1) is 15.5. The number of methoxy groups -OCH3 is 5. The van der Waals surface area contributed by atoms with Gasteiger partial charge in [0.2, 0.25) is 10.9 Å². The number of nitrogens with zero attached hydrogens (tertiary/aromatic N) is 2. The Morgan fingerprint density at radius 3 is 2.06 bits per heavy atom. The molecule has 0 aliphatic heterocycles. The van der Waals surface area contributed by atoms with Crippen molar-refractivity contribution in [3.8, 4) is 28.7 Å². The fourth-order valence-electron chi connectivity index (χ4n) is 2.86. The lowest BCUT2D eigenvalue weighted by atomic mass is 10.1. The molecule has 1 heterocycles. The third kappa shape index (κ3) is 5.09. The smallest absolute Gasteiger partial charge is 0.257 e. The van der Waals surface area contributed by atoms with Crippen molar-refractivity contribution < 1.29 is 28.5 Å². The van der Waals surface area contributed by atoms with Crippen LogP contribution >= 0.6 is 11.3 Å². The summed E-state index contributed by atoms with van der Waals surface area (Å²) in [7, 11) is 7.71. The maximum atomic E-state index is 12.5. The summed E-state index contributed by atoms with van der Waals surface area (Å²) in [5.41, 5.74) is 1.23. The van der Waals surface area contributed by atoms with Crippen LogP contribution in [0.15, 0.2) is 30.3 Å². The molecule has 0 saturated heterocycles. The van der Waals surface area contributed by atoms with Crippen LogP contribution < -0.4 is 29.0 Å². The quantitative estimate of drug-likeness (QED) is 0.515. The second-order valence-electron chi connectivity index (χ2n) is 6.26. The van der Waals surface area contributed by atoms with Crippen LogP contribution in [0.5, 0.6) is 28.7 Å². The van der Waals surface area contributed by atoms with Crippen molar-refractivity contribution in [3.63, 3.8) is 0 Å². The van der Waals surface area contributed by atoms with E-state index < -0.39 is 0 Å². The second kappa shape index (κ2) is 10.5. The Bertz CT molecular complexity index is 1100. The van der Waals surface area contributed by atoms with E-state index >= 15 is 0 Å². The third-order valence-electron chi connectivity index (χ3n) is 4.41. The lowest BCUT2D eigenvalue weighted by Gasteiger charge is -2.12. The van der Waals surface area contributed by atoms with Gasteiger partial charge < -0.3 is 23.7 Å². The van der Waals surface area contributed by atoms with E-state index in [4.69, 9.17) is 23.7 Å². The van der Waals surface area contributed by atoms with Crippen LogP contribution in [0.2, 0.25) is 0 Å². The molecule has 0 bridgehead atoms. The lowest BCUT2D eigenvalue weighted by Crippen LogP contribution is -2.11. The van der Waals surface area contributed by atoms with Crippen molar-refractivity contribution in [2.24, 2.45) is 0 Å². The van der Waals surface area contributed by atoms with Crippen LogP contribution in [0.3, 0.4) is 0 Å². The van der Waals surface area contributed by atoms with Crippen LogP contribution in [-0.4, -0.2) is 51.7 Å². The van der Waals surface area contributed by atoms with Crippen LogP contribution in [0, 0.1) is 0 Å². The number of carbonyl (C=O) groups excluding carboxylic acids is 1. The van der Waals surface area contributed by atoms with E-state index in [9.17, 15) is 4.79 Å². The first-order valence-corrected chi connectivity index (χ1v) is 10.2. The average Bonchev–Trinajstić information content (AvgIpc) is 3.28. The van der Waals surface area contributed by atoms with Crippen molar-refractivity contribution in [2.75, 3.05) is 40.9 Å². The number of amides is 1. The molecule has 9 nitrogen and oxygen atoms in total. The Morgan fingerprint density at radius 1 is 0.812 bits per heavy atom. The number of benzene rings is 2. The molecule has 1 amide bonds. The molecule has 2 aromatic carbocycles. The minimum Gasteiger partial charge on any atom is -0.493 e. The Kier molecular flexibility index (Phi) is 7.50. The Balaban J connectivity index is 1.74. The monoisotopic (exact) mass is 457 g/mol. The van der Waals surface area contributed by atoms with Gasteiger partial charge in [0.05, 0.1) is 35.5 Å². The molecule has 10 heteroatoms. The zero-order valence-electron chi connectivity index (χ0n) is 18.3. The highest BCUT2D eigenvalue weighted by Gasteiger charge is 2.14. The molecule has 0 aliphatic carbocycles. The molecule has 0 fully saturated rings. The molecule has 0 atom stereocenters. The summed E-state index contributed by atoms with van der Waals surface area (Å²) in [5, 5.41) is 11.8. The Morgan fingerprint density at radius 2 is 1.47 bits per heavy atom. The number of carbonyl (C=O) groups is 1. The molecular formula is C22H23N3O6S. The number of aromatic nitrogens is 2. The zero-order valence-corrected chi connectivity index (χ0v) is 19.1. The molecule has 0 unspecified atom stereocenters. The molecule has 0 spiro atoms. The SMILES string of the molecule is COc1ccc(C(=O)Nc2nnc(/C=C/c3cc(OC)c(OC)c(OC)c3)s2)cc1OC. The summed E-state index contributed by atoms with van der Waals surface area (Å²) >= 11 is 1.24. The molecule has 1 N–H and O–H groups in total. The van der Waals surface area contributed by atoms with Crippen molar-refractivity contribution in [3.05, 3.63) is 46.5 Å². The summed E-state index contributed by atoms with van der Waals surface area (Å²) in [6.07, 6.45) is 3.62. The largest absolute Gasteiger partial charge is 0.493 e. The highest BCUT2D eigenvalue weighted by Crippen LogP contribution is 2.38. The van der Waals surface area contributed by atoms with Gasteiger partial charge in [0, 0.05) is 5.56 Å². The van der Waals surface area contributed by atoms with Crippen LogP contribution in [-0.2, 0) is 0 Å². The van der Waals surface area contributed by atoms with Gasteiger partial charge in [-0.15, -0.1) is 10.2 Å². The van der Waals surface area contributed by atoms with Gasteiger partial charge in [0.15, 0.2) is 23.0 Å². The third-order valence-corrected chi connectivity index (χ3v) is 5.22. The van der Waals surface area contributed by atoms with Crippen molar-refractivity contribution in [1.82, 2.24) is 10.2 Å². The van der Waals surface area contributed by atoms with Gasteiger partial charge in [-0.05, 0) is 42.0 Å². The molecule has 3 rings (SSSR count). The minimum absolute atomic E-state index is 0.331. The van der Waals surface area contributed by atoms with Gasteiger partial charge in [-0.25, -0.2) is 0 Å². The fourth-order valence-corrected chi connectivity index (χ4v) is 3.51. The highest BCUT2D eigenvalue weighted by atomic mass is 32.1. The molecule has 0 aliphatic rings. The Hall–Kier alpha value is -3.79. The molecule has 3 aromatic rings. The number of nitrogens with one attached hydrogen (secondary N) is 1. The highest BCUT2D eigenvalue weighted by molar-refractivity contribution is 7.16. The standard InChI is InChI=1S/C22H23N3O6S/c1-27-15-8-7-14(12-16(15)28-2)21(26)23-22-25-24-19(32-22)9-6-13-10-17(29-3)20(31-5)18(11-13)30-4/h6-12H,1-5H3,(H,23,25,26)/b9-6+. The predicted octanol–water partition coefficient (Wildman–Crippen LogP) is 4.00. The maximum Gasteiger partial charge on any atom is 0.257 e. The van der Waals surface area contributed by atoms with E-state index in [2.05, 4.69) is 15.5 Å². The molecule has 0 radical (unpaired) electrons. The van der Waals surface area contributed by atoms with Crippen molar-refractivity contribution in [1.29, 1.82) is 0 Å². The molecular weight excluding hydrogens is 434 g/mol. The van der Waals surface area contributed by atoms with Crippen LogP contribution in [0.4, 0.5) is 5.13 Å². The van der Waals surface area contributed by atoms with Gasteiger partial charge in [0.25, 0.3) is 5.91 Å². The van der Waals surface area contributed by atoms with Gasteiger partial charge in [-0.2, -0.15) is 0 Å². The summed E-state index contributed by atoms with van der Waals surface area (Å²) < 4.78 is 26.5. The number of anilines is 1. The number of rotatable bonds is 9. The van der Waals surface area contributed by atoms with E-state index in [0.29, 0.717) is 44.5 Å². The zero-order chi connectivity index (χ0) is 23.1. The van der Waals surface area contributed by atoms with Crippen LogP contribution in [0.1, 0.15) is 20.9 Å². The molecule has 0 saturated carbocycles. The lowest BCUT2D eigenvalue weighted by molar-refractivity contribution is 0.102. The molecule has 168 valence electrons. The summed E-state index contributed by atoms with van der Waals surface area (Å²) in [6, 6.07) is 8.54. The summed E-state index contributed by atoms with van der Waals surface area (Å²) in [4.78, 5) is 12.5. The first-order valence-electron chi connectivity index (χ1n) is 9.37. The normalized spacial score (nSPS) is 10.7. The number of hydrogen-bond donors (Lipinski definition) is 1. The predicted molar refractivity (Wildman–Crippen MR) is 122 cm³/mol. The summed E-state index contributed by atoms with van der Waals surface area (Å²) in [6.45, 7) is 0. The van der Waals surface area contributed by atoms with E-state index in [1.165, 1.54) is 25.6 Å². The van der Waals surface area contributed by atoms with E-state index in [1.807, 2.05) is 18.2 Å². The van der Waals surface area contributed by atoms with Crippen molar-refractivity contribution in [2.45, 2.75) is 0 Å². The van der Waals surface area contributed by atoms with Gasteiger partial charge in [-0.3, -0.25) is 10.1 Å². The van der Waals surface area contributed by atoms with E-state index in [1.54, 1.807) is 45.6 Å². The van der Waals surface area contributed by atoms with Gasteiger partial charge in [0.1, 0.15) is 5.01 Å². The fraction of sp³-hybridized carbons (Fsp3) is 0.227. The summed E-state index contributed by atoms with van der Waals surface area (Å²) in [5.74, 6) is 2.29. The Labute approximate surface area is 189 Å². The topological polar surface area (TPSA) is 101 Å². The van der Waals surface area contributed by atoms with Gasteiger partial charge >= 0.3 is 0 Å². The molecule has 32 heavy (non-hydrogen) atoms. The van der Waals surface area contributed by atoms with E-state index in [-0.39, 0.29) is 5.91 Å². The average molecular weight is 458 g/mol. The second-order valence-corrected chi connectivity index (χ2v) is 7.27. The maximum absolute atomic E-state index is 12.5. The van der Waals surface area contributed by atoms with E-state index in [0.717, 1.165) is 5.56 Å². The molecule has 1 aromatic heterocycles. The first kappa shape index (κ1) is 22.9. The van der Waals surface area contributed by atoms with Crippen molar-refractivity contribution >= 4 is 34.5 Å².